The van der Waals surface area contributed by atoms with E-state index in [2.05, 4.69) is 5.10 Å². The molecule has 0 aliphatic heterocycles. The molecule has 0 spiro atoms. The van der Waals surface area contributed by atoms with E-state index in [0.29, 0.717) is 24.1 Å². The van der Waals surface area contributed by atoms with Gasteiger partial charge in [-0.05, 0) is 30.7 Å². The molecule has 0 unspecified atom stereocenters. The van der Waals surface area contributed by atoms with Crippen molar-refractivity contribution < 1.29 is 17.9 Å². The van der Waals surface area contributed by atoms with Crippen LogP contribution in [0.4, 0.5) is 13.2 Å². The predicted octanol–water partition coefficient (Wildman–Crippen LogP) is 2.52. The maximum Gasteiger partial charge on any atom is 0.419 e. The minimum absolute atomic E-state index is 0.0349. The molecule has 21 heavy (non-hydrogen) atoms. The van der Waals surface area contributed by atoms with Crippen molar-refractivity contribution in [2.75, 3.05) is 6.54 Å². The van der Waals surface area contributed by atoms with Crippen LogP contribution in [0.3, 0.4) is 0 Å². The zero-order valence-electron chi connectivity index (χ0n) is 11.5. The number of nitrogens with zero attached hydrogens (tertiary/aromatic N) is 2. The molecule has 0 bridgehead atoms. The van der Waals surface area contributed by atoms with Crippen LogP contribution in [0.2, 0.25) is 0 Å². The fourth-order valence-corrected chi connectivity index (χ4v) is 1.95. The number of hydrogen-bond donors (Lipinski definition) is 1. The van der Waals surface area contributed by atoms with Crippen LogP contribution in [-0.2, 0) is 26.3 Å². The lowest BCUT2D eigenvalue weighted by molar-refractivity contribution is -0.139. The van der Waals surface area contributed by atoms with Crippen molar-refractivity contribution in [3.8, 4) is 5.75 Å². The van der Waals surface area contributed by atoms with Crippen molar-refractivity contribution in [1.82, 2.24) is 9.78 Å². The van der Waals surface area contributed by atoms with Crippen LogP contribution in [0.5, 0.6) is 5.75 Å². The van der Waals surface area contributed by atoms with Gasteiger partial charge in [-0.2, -0.15) is 18.3 Å². The lowest BCUT2D eigenvalue weighted by Gasteiger charge is -2.15. The van der Waals surface area contributed by atoms with E-state index in [1.54, 1.807) is 30.2 Å². The van der Waals surface area contributed by atoms with Crippen molar-refractivity contribution >= 4 is 0 Å². The monoisotopic (exact) mass is 299 g/mol. The third-order valence-electron chi connectivity index (χ3n) is 2.94. The molecule has 2 rings (SSSR count). The van der Waals surface area contributed by atoms with Crippen LogP contribution in [-0.4, -0.2) is 16.3 Å². The Labute approximate surface area is 120 Å². The van der Waals surface area contributed by atoms with Gasteiger partial charge in [-0.1, -0.05) is 6.07 Å². The quantitative estimate of drug-likeness (QED) is 0.923. The van der Waals surface area contributed by atoms with E-state index in [4.69, 9.17) is 10.5 Å². The van der Waals surface area contributed by atoms with Gasteiger partial charge < -0.3 is 10.5 Å². The summed E-state index contributed by atoms with van der Waals surface area (Å²) in [4.78, 5) is 0. The van der Waals surface area contributed by atoms with Gasteiger partial charge in [0.2, 0.25) is 0 Å². The first-order valence-electron chi connectivity index (χ1n) is 6.40. The van der Waals surface area contributed by atoms with Crippen LogP contribution in [0, 0.1) is 0 Å². The summed E-state index contributed by atoms with van der Waals surface area (Å²) in [5.74, 6) is -0.188. The number of aromatic nitrogens is 2. The highest BCUT2D eigenvalue weighted by Crippen LogP contribution is 2.37. The maximum atomic E-state index is 13.1. The van der Waals surface area contributed by atoms with E-state index in [9.17, 15) is 13.2 Å². The Bertz CT molecular complexity index is 608. The number of benzene rings is 1. The zero-order chi connectivity index (χ0) is 15.5. The molecule has 0 aliphatic carbocycles. The van der Waals surface area contributed by atoms with E-state index in [-0.39, 0.29) is 12.4 Å². The Kier molecular flexibility index (Phi) is 4.52. The average Bonchev–Trinajstić information content (AvgIpc) is 2.82. The number of nitrogens with two attached hydrogens (primary N) is 1. The van der Waals surface area contributed by atoms with E-state index >= 15 is 0 Å². The van der Waals surface area contributed by atoms with Crippen molar-refractivity contribution in [2.45, 2.75) is 19.2 Å². The molecule has 0 aliphatic rings. The summed E-state index contributed by atoms with van der Waals surface area (Å²) >= 11 is 0. The average molecular weight is 299 g/mol. The summed E-state index contributed by atoms with van der Waals surface area (Å²) in [5, 5.41) is 3.94. The standard InChI is InChI=1S/C14H16F3N3O/c1-20-8-11(7-19-20)9-21-13-3-2-10(4-5-18)6-12(13)14(15,16)17/h2-3,6-8H,4-5,9,18H2,1H3. The summed E-state index contributed by atoms with van der Waals surface area (Å²) in [7, 11) is 1.73. The van der Waals surface area contributed by atoms with Crippen LogP contribution >= 0.6 is 0 Å². The first kappa shape index (κ1) is 15.4. The minimum Gasteiger partial charge on any atom is -0.488 e. The molecule has 1 heterocycles. The van der Waals surface area contributed by atoms with Gasteiger partial charge >= 0.3 is 6.18 Å². The van der Waals surface area contributed by atoms with Gasteiger partial charge in [0.25, 0.3) is 0 Å². The van der Waals surface area contributed by atoms with Gasteiger partial charge in [0.1, 0.15) is 12.4 Å². The van der Waals surface area contributed by atoms with Gasteiger partial charge in [-0.25, -0.2) is 0 Å². The molecule has 0 saturated heterocycles. The molecular weight excluding hydrogens is 283 g/mol. The van der Waals surface area contributed by atoms with Gasteiger partial charge in [0.15, 0.2) is 0 Å². The molecule has 0 atom stereocenters. The lowest BCUT2D eigenvalue weighted by atomic mass is 10.1. The Morgan fingerprint density at radius 3 is 2.62 bits per heavy atom. The lowest BCUT2D eigenvalue weighted by Crippen LogP contribution is -2.11. The Hall–Kier alpha value is -2.02. The normalized spacial score (nSPS) is 11.7. The molecule has 2 aromatic rings. The first-order chi connectivity index (χ1) is 9.90. The highest BCUT2D eigenvalue weighted by molar-refractivity contribution is 5.39. The topological polar surface area (TPSA) is 53.1 Å². The molecule has 0 fully saturated rings. The molecule has 0 radical (unpaired) electrons. The predicted molar refractivity (Wildman–Crippen MR) is 71.7 cm³/mol. The second-order valence-electron chi connectivity index (χ2n) is 4.68. The van der Waals surface area contributed by atoms with E-state index < -0.39 is 11.7 Å². The molecule has 7 heteroatoms. The van der Waals surface area contributed by atoms with Crippen molar-refractivity contribution in [3.05, 3.63) is 47.3 Å². The third-order valence-corrected chi connectivity index (χ3v) is 2.94. The number of alkyl halides is 3. The number of halogens is 3. The van der Waals surface area contributed by atoms with E-state index in [1.165, 1.54) is 6.07 Å². The molecule has 1 aromatic carbocycles. The Morgan fingerprint density at radius 2 is 2.05 bits per heavy atom. The fraction of sp³-hybridized carbons (Fsp3) is 0.357. The second-order valence-corrected chi connectivity index (χ2v) is 4.68. The molecule has 2 N–H and O–H groups in total. The summed E-state index contributed by atoms with van der Waals surface area (Å²) in [6.45, 7) is 0.334. The largest absolute Gasteiger partial charge is 0.488 e. The van der Waals surface area contributed by atoms with Crippen molar-refractivity contribution in [2.24, 2.45) is 12.8 Å². The van der Waals surface area contributed by atoms with Gasteiger partial charge in [-0.3, -0.25) is 4.68 Å². The van der Waals surface area contributed by atoms with E-state index in [1.807, 2.05) is 0 Å². The third kappa shape index (κ3) is 3.98. The van der Waals surface area contributed by atoms with Crippen LogP contribution in [0.25, 0.3) is 0 Å². The number of ether oxygens (including phenoxy) is 1. The number of aryl methyl sites for hydroxylation is 1. The van der Waals surface area contributed by atoms with Crippen LogP contribution in [0.1, 0.15) is 16.7 Å². The highest BCUT2D eigenvalue weighted by atomic mass is 19.4. The Morgan fingerprint density at radius 1 is 1.29 bits per heavy atom. The molecule has 114 valence electrons. The fourth-order valence-electron chi connectivity index (χ4n) is 1.95. The molecule has 0 amide bonds. The summed E-state index contributed by atoms with van der Waals surface area (Å²) < 4.78 is 46.1. The van der Waals surface area contributed by atoms with Crippen molar-refractivity contribution in [3.63, 3.8) is 0 Å². The molecular formula is C14H16F3N3O. The van der Waals surface area contributed by atoms with E-state index in [0.717, 1.165) is 6.07 Å². The smallest absolute Gasteiger partial charge is 0.419 e. The first-order valence-corrected chi connectivity index (χ1v) is 6.40. The number of hydrogen-bond acceptors (Lipinski definition) is 3. The summed E-state index contributed by atoms with van der Waals surface area (Å²) in [6, 6.07) is 4.02. The highest BCUT2D eigenvalue weighted by Gasteiger charge is 2.34. The van der Waals surface area contributed by atoms with Crippen LogP contribution < -0.4 is 10.5 Å². The summed E-state index contributed by atoms with van der Waals surface area (Å²) in [5.41, 5.74) is 5.84. The Balaban J connectivity index is 2.21. The minimum atomic E-state index is -4.46. The SMILES string of the molecule is Cn1cc(COc2ccc(CCN)cc2C(F)(F)F)cn1. The molecule has 1 aromatic heterocycles. The van der Waals surface area contributed by atoms with Crippen LogP contribution in [0.15, 0.2) is 30.6 Å². The van der Waals surface area contributed by atoms with Gasteiger partial charge in [-0.15, -0.1) is 0 Å². The van der Waals surface area contributed by atoms with Gasteiger partial charge in [0, 0.05) is 18.8 Å². The maximum absolute atomic E-state index is 13.1. The summed E-state index contributed by atoms with van der Waals surface area (Å²) in [6.07, 6.45) is -0.826. The molecule has 4 nitrogen and oxygen atoms in total. The second kappa shape index (κ2) is 6.17. The number of rotatable bonds is 5. The zero-order valence-corrected chi connectivity index (χ0v) is 11.5. The van der Waals surface area contributed by atoms with Gasteiger partial charge in [0.05, 0.1) is 11.8 Å². The van der Waals surface area contributed by atoms with Crippen molar-refractivity contribution in [1.29, 1.82) is 0 Å². The molecule has 0 saturated carbocycles.